The predicted octanol–water partition coefficient (Wildman–Crippen LogP) is 2.60. The number of methoxy groups -OCH3 is 1. The van der Waals surface area contributed by atoms with Gasteiger partial charge in [0.05, 0.1) is 29.4 Å². The van der Waals surface area contributed by atoms with Crippen LogP contribution in [-0.4, -0.2) is 16.3 Å². The number of nitrogen functional groups attached to an aromatic ring is 1. The summed E-state index contributed by atoms with van der Waals surface area (Å²) < 4.78 is 17.7. The molecule has 0 amide bonds. The SMILES string of the molecule is COc1cc(C)nc(CS(=O)c2cccc(N)c2C)c1. The van der Waals surface area contributed by atoms with Crippen molar-refractivity contribution in [1.29, 1.82) is 0 Å². The van der Waals surface area contributed by atoms with Gasteiger partial charge in [0, 0.05) is 28.4 Å². The molecule has 1 unspecified atom stereocenters. The lowest BCUT2D eigenvalue weighted by atomic mass is 10.2. The minimum Gasteiger partial charge on any atom is -0.497 e. The highest BCUT2D eigenvalue weighted by Gasteiger charge is 2.11. The maximum Gasteiger partial charge on any atom is 0.122 e. The lowest BCUT2D eigenvalue weighted by molar-refractivity contribution is 0.413. The van der Waals surface area contributed by atoms with E-state index in [1.165, 1.54) is 0 Å². The zero-order valence-electron chi connectivity index (χ0n) is 11.8. The summed E-state index contributed by atoms with van der Waals surface area (Å²) in [7, 11) is 0.436. The van der Waals surface area contributed by atoms with Gasteiger partial charge in [-0.2, -0.15) is 0 Å². The summed E-state index contributed by atoms with van der Waals surface area (Å²) in [5.41, 5.74) is 8.98. The molecule has 106 valence electrons. The van der Waals surface area contributed by atoms with Crippen LogP contribution in [0.4, 0.5) is 5.69 Å². The Hall–Kier alpha value is -1.88. The molecule has 0 saturated heterocycles. The Morgan fingerprint density at radius 3 is 2.75 bits per heavy atom. The molecule has 0 aliphatic rings. The second-order valence-electron chi connectivity index (χ2n) is 4.60. The Morgan fingerprint density at radius 1 is 1.30 bits per heavy atom. The van der Waals surface area contributed by atoms with Crippen LogP contribution in [0.1, 0.15) is 17.0 Å². The molecule has 0 radical (unpaired) electrons. The number of ether oxygens (including phenoxy) is 1. The number of benzene rings is 1. The van der Waals surface area contributed by atoms with E-state index in [1.807, 2.05) is 44.2 Å². The number of rotatable bonds is 4. The van der Waals surface area contributed by atoms with Crippen LogP contribution < -0.4 is 10.5 Å². The molecule has 0 bridgehead atoms. The van der Waals surface area contributed by atoms with E-state index in [1.54, 1.807) is 7.11 Å². The zero-order chi connectivity index (χ0) is 14.7. The highest BCUT2D eigenvalue weighted by Crippen LogP contribution is 2.22. The first-order chi connectivity index (χ1) is 9.51. The van der Waals surface area contributed by atoms with Crippen LogP contribution in [0.3, 0.4) is 0 Å². The number of nitrogens with zero attached hydrogens (tertiary/aromatic N) is 1. The maximum atomic E-state index is 12.5. The van der Waals surface area contributed by atoms with Crippen molar-refractivity contribution in [2.45, 2.75) is 24.5 Å². The van der Waals surface area contributed by atoms with Gasteiger partial charge in [0.2, 0.25) is 0 Å². The molecule has 0 saturated carbocycles. The van der Waals surface area contributed by atoms with E-state index in [-0.39, 0.29) is 0 Å². The Bertz CT molecular complexity index is 656. The smallest absolute Gasteiger partial charge is 0.122 e. The number of nitrogens with two attached hydrogens (primary N) is 1. The van der Waals surface area contributed by atoms with Gasteiger partial charge in [-0.15, -0.1) is 0 Å². The van der Waals surface area contributed by atoms with Crippen molar-refractivity contribution in [2.75, 3.05) is 12.8 Å². The molecule has 20 heavy (non-hydrogen) atoms. The van der Waals surface area contributed by atoms with Crippen LogP contribution in [0.2, 0.25) is 0 Å². The molecule has 2 aromatic rings. The molecule has 0 aliphatic heterocycles. The standard InChI is InChI=1S/C15H18N2O2S/c1-10-7-13(19-3)8-12(17-10)9-20(18)15-6-4-5-14(16)11(15)2/h4-8H,9,16H2,1-3H3. The van der Waals surface area contributed by atoms with Crippen molar-refractivity contribution in [3.8, 4) is 5.75 Å². The van der Waals surface area contributed by atoms with Crippen LogP contribution in [0, 0.1) is 13.8 Å². The Kier molecular flexibility index (Phi) is 4.39. The molecule has 0 aliphatic carbocycles. The van der Waals surface area contributed by atoms with Gasteiger partial charge >= 0.3 is 0 Å². The fraction of sp³-hybridized carbons (Fsp3) is 0.267. The van der Waals surface area contributed by atoms with Gasteiger partial charge in [0.15, 0.2) is 0 Å². The minimum absolute atomic E-state index is 0.350. The third-order valence-electron chi connectivity index (χ3n) is 3.07. The van der Waals surface area contributed by atoms with E-state index in [9.17, 15) is 4.21 Å². The van der Waals surface area contributed by atoms with Gasteiger partial charge in [-0.3, -0.25) is 9.19 Å². The normalized spacial score (nSPS) is 12.2. The molecule has 1 atom stereocenters. The van der Waals surface area contributed by atoms with E-state index in [0.717, 1.165) is 27.6 Å². The summed E-state index contributed by atoms with van der Waals surface area (Å²) in [5.74, 6) is 1.08. The van der Waals surface area contributed by atoms with E-state index in [0.29, 0.717) is 11.4 Å². The molecule has 0 spiro atoms. The lowest BCUT2D eigenvalue weighted by Gasteiger charge is -2.09. The number of pyridine rings is 1. The second kappa shape index (κ2) is 6.05. The molecule has 1 aromatic heterocycles. The van der Waals surface area contributed by atoms with Crippen molar-refractivity contribution < 1.29 is 8.95 Å². The van der Waals surface area contributed by atoms with Crippen molar-refractivity contribution in [1.82, 2.24) is 4.98 Å². The summed E-state index contributed by atoms with van der Waals surface area (Å²) in [6.07, 6.45) is 0. The molecule has 0 fully saturated rings. The van der Waals surface area contributed by atoms with Crippen LogP contribution in [-0.2, 0) is 16.6 Å². The first kappa shape index (κ1) is 14.5. The van der Waals surface area contributed by atoms with Crippen LogP contribution >= 0.6 is 0 Å². The van der Waals surface area contributed by atoms with Crippen molar-refractivity contribution in [2.24, 2.45) is 0 Å². The minimum atomic E-state index is -1.17. The summed E-state index contributed by atoms with van der Waals surface area (Å²) in [4.78, 5) is 5.15. The fourth-order valence-electron chi connectivity index (χ4n) is 1.98. The molecule has 2 N–H and O–H groups in total. The first-order valence-corrected chi connectivity index (χ1v) is 7.58. The third kappa shape index (κ3) is 3.17. The van der Waals surface area contributed by atoms with E-state index in [4.69, 9.17) is 10.5 Å². The van der Waals surface area contributed by atoms with Crippen LogP contribution in [0.25, 0.3) is 0 Å². The number of hydrogen-bond donors (Lipinski definition) is 1. The largest absolute Gasteiger partial charge is 0.497 e. The zero-order valence-corrected chi connectivity index (χ0v) is 12.7. The monoisotopic (exact) mass is 290 g/mol. The Morgan fingerprint density at radius 2 is 2.05 bits per heavy atom. The highest BCUT2D eigenvalue weighted by molar-refractivity contribution is 7.84. The van der Waals surface area contributed by atoms with Crippen molar-refractivity contribution >= 4 is 16.5 Å². The number of aromatic nitrogens is 1. The summed E-state index contributed by atoms with van der Waals surface area (Å²) in [5, 5.41) is 0. The molecule has 5 heteroatoms. The quantitative estimate of drug-likeness (QED) is 0.879. The molecule has 4 nitrogen and oxygen atoms in total. The number of aryl methyl sites for hydroxylation is 1. The maximum absolute atomic E-state index is 12.5. The second-order valence-corrected chi connectivity index (χ2v) is 6.02. The van der Waals surface area contributed by atoms with Crippen LogP contribution in [0.5, 0.6) is 5.75 Å². The predicted molar refractivity (Wildman–Crippen MR) is 81.2 cm³/mol. The number of hydrogen-bond acceptors (Lipinski definition) is 4. The Balaban J connectivity index is 2.28. The van der Waals surface area contributed by atoms with Gasteiger partial charge in [-0.1, -0.05) is 6.07 Å². The molecule has 2 rings (SSSR count). The highest BCUT2D eigenvalue weighted by atomic mass is 32.2. The van der Waals surface area contributed by atoms with Crippen molar-refractivity contribution in [3.05, 3.63) is 47.3 Å². The molecular formula is C15H18N2O2S. The Labute approximate surface area is 121 Å². The summed E-state index contributed by atoms with van der Waals surface area (Å²) >= 11 is 0. The van der Waals surface area contributed by atoms with Crippen LogP contribution in [0.15, 0.2) is 35.2 Å². The average Bonchev–Trinajstić information content (AvgIpc) is 2.41. The summed E-state index contributed by atoms with van der Waals surface area (Å²) in [6, 6.07) is 9.13. The number of anilines is 1. The van der Waals surface area contributed by atoms with Gasteiger partial charge in [0.25, 0.3) is 0 Å². The van der Waals surface area contributed by atoms with Gasteiger partial charge < -0.3 is 10.5 Å². The average molecular weight is 290 g/mol. The summed E-state index contributed by atoms with van der Waals surface area (Å²) in [6.45, 7) is 3.77. The fourth-order valence-corrected chi connectivity index (χ4v) is 3.25. The molecule has 1 heterocycles. The molecule has 1 aromatic carbocycles. The van der Waals surface area contributed by atoms with Gasteiger partial charge in [0.1, 0.15) is 5.75 Å². The van der Waals surface area contributed by atoms with Crippen molar-refractivity contribution in [3.63, 3.8) is 0 Å². The van der Waals surface area contributed by atoms with E-state index < -0.39 is 10.8 Å². The van der Waals surface area contributed by atoms with E-state index >= 15 is 0 Å². The first-order valence-electron chi connectivity index (χ1n) is 6.26. The van der Waals surface area contributed by atoms with Gasteiger partial charge in [-0.25, -0.2) is 0 Å². The van der Waals surface area contributed by atoms with E-state index in [2.05, 4.69) is 4.98 Å². The molecular weight excluding hydrogens is 272 g/mol. The topological polar surface area (TPSA) is 65.2 Å². The van der Waals surface area contributed by atoms with Gasteiger partial charge in [-0.05, 0) is 31.5 Å². The lowest BCUT2D eigenvalue weighted by Crippen LogP contribution is -2.03. The third-order valence-corrected chi connectivity index (χ3v) is 4.56.